The molecule has 0 bridgehead atoms. The van der Waals surface area contributed by atoms with Crippen LogP contribution in [0.4, 0.5) is 23.7 Å². The van der Waals surface area contributed by atoms with Crippen LogP contribution in [0.2, 0.25) is 0 Å². The third-order valence-corrected chi connectivity index (χ3v) is 3.17. The van der Waals surface area contributed by atoms with Crippen LogP contribution in [0.25, 0.3) is 0 Å². The highest BCUT2D eigenvalue weighted by Crippen LogP contribution is 2.34. The van der Waals surface area contributed by atoms with E-state index >= 15 is 0 Å². The van der Waals surface area contributed by atoms with Crippen molar-refractivity contribution >= 4 is 11.7 Å². The van der Waals surface area contributed by atoms with Crippen LogP contribution in [-0.2, 0) is 10.9 Å². The number of benzene rings is 1. The predicted molar refractivity (Wildman–Crippen MR) is 68.9 cm³/mol. The largest absolute Gasteiger partial charge is 0.418 e. The first kappa shape index (κ1) is 15.6. The molecule has 0 aromatic heterocycles. The molecule has 0 aliphatic carbocycles. The summed E-state index contributed by atoms with van der Waals surface area (Å²) in [6, 6.07) is 3.51. The van der Waals surface area contributed by atoms with Gasteiger partial charge in [0.2, 0.25) is 0 Å². The van der Waals surface area contributed by atoms with Crippen molar-refractivity contribution in [3.8, 4) is 0 Å². The summed E-state index contributed by atoms with van der Waals surface area (Å²) in [6.07, 6.45) is -4.55. The SMILES string of the molecule is O=C(Nc1ccccc1C(F)(F)F)N1CCOCC1CO. The van der Waals surface area contributed by atoms with Gasteiger partial charge in [0.15, 0.2) is 0 Å². The number of rotatable bonds is 2. The summed E-state index contributed by atoms with van der Waals surface area (Å²) in [7, 11) is 0. The van der Waals surface area contributed by atoms with Gasteiger partial charge in [0.05, 0.1) is 37.1 Å². The lowest BCUT2D eigenvalue weighted by Crippen LogP contribution is -2.52. The fraction of sp³-hybridized carbons (Fsp3) is 0.462. The van der Waals surface area contributed by atoms with Crippen molar-refractivity contribution in [3.05, 3.63) is 29.8 Å². The second-order valence-corrected chi connectivity index (χ2v) is 4.58. The standard InChI is InChI=1S/C13H15F3N2O3/c14-13(15,16)10-3-1-2-4-11(10)17-12(20)18-5-6-21-8-9(18)7-19/h1-4,9,19H,5-8H2,(H,17,20). The average molecular weight is 304 g/mol. The molecule has 0 radical (unpaired) electrons. The summed E-state index contributed by atoms with van der Waals surface area (Å²) in [5.41, 5.74) is -1.22. The van der Waals surface area contributed by atoms with Crippen molar-refractivity contribution in [2.75, 3.05) is 31.7 Å². The molecule has 2 N–H and O–H groups in total. The summed E-state index contributed by atoms with van der Waals surface area (Å²) >= 11 is 0. The van der Waals surface area contributed by atoms with Gasteiger partial charge in [-0.2, -0.15) is 13.2 Å². The van der Waals surface area contributed by atoms with Crippen LogP contribution in [0.3, 0.4) is 0 Å². The minimum absolute atomic E-state index is 0.158. The highest BCUT2D eigenvalue weighted by atomic mass is 19.4. The molecule has 1 fully saturated rings. The van der Waals surface area contributed by atoms with E-state index in [1.54, 1.807) is 0 Å². The molecule has 2 amide bonds. The zero-order valence-corrected chi connectivity index (χ0v) is 11.1. The third-order valence-electron chi connectivity index (χ3n) is 3.17. The van der Waals surface area contributed by atoms with Crippen LogP contribution in [0, 0.1) is 0 Å². The van der Waals surface area contributed by atoms with Gasteiger partial charge >= 0.3 is 12.2 Å². The number of ether oxygens (including phenoxy) is 1. The van der Waals surface area contributed by atoms with E-state index in [2.05, 4.69) is 5.32 Å². The predicted octanol–water partition coefficient (Wildman–Crippen LogP) is 1.93. The van der Waals surface area contributed by atoms with E-state index in [9.17, 15) is 23.1 Å². The molecule has 2 rings (SSSR count). The minimum atomic E-state index is -4.55. The van der Waals surface area contributed by atoms with Gasteiger partial charge in [-0.3, -0.25) is 0 Å². The zero-order valence-electron chi connectivity index (χ0n) is 11.1. The highest BCUT2D eigenvalue weighted by Gasteiger charge is 2.34. The molecule has 5 nitrogen and oxygen atoms in total. The number of hydrogen-bond donors (Lipinski definition) is 2. The van der Waals surface area contributed by atoms with Crippen LogP contribution in [0.1, 0.15) is 5.56 Å². The molecule has 116 valence electrons. The van der Waals surface area contributed by atoms with E-state index in [0.717, 1.165) is 6.07 Å². The molecular formula is C13H15F3N2O3. The van der Waals surface area contributed by atoms with Gasteiger partial charge < -0.3 is 20.1 Å². The van der Waals surface area contributed by atoms with E-state index in [1.165, 1.54) is 23.1 Å². The van der Waals surface area contributed by atoms with Crippen molar-refractivity contribution in [2.45, 2.75) is 12.2 Å². The zero-order chi connectivity index (χ0) is 15.5. The maximum absolute atomic E-state index is 12.9. The number of aliphatic hydroxyl groups is 1. The number of amides is 2. The monoisotopic (exact) mass is 304 g/mol. The molecule has 1 aliphatic rings. The van der Waals surface area contributed by atoms with Gasteiger partial charge in [-0.1, -0.05) is 12.1 Å². The van der Waals surface area contributed by atoms with Crippen LogP contribution in [-0.4, -0.2) is 48.4 Å². The van der Waals surface area contributed by atoms with Crippen LogP contribution < -0.4 is 5.32 Å². The molecule has 21 heavy (non-hydrogen) atoms. The Morgan fingerprint density at radius 2 is 2.14 bits per heavy atom. The Hall–Kier alpha value is -1.80. The summed E-state index contributed by atoms with van der Waals surface area (Å²) in [4.78, 5) is 13.4. The molecule has 1 saturated heterocycles. The fourth-order valence-electron chi connectivity index (χ4n) is 2.10. The maximum Gasteiger partial charge on any atom is 0.418 e. The lowest BCUT2D eigenvalue weighted by atomic mass is 10.1. The number of hydrogen-bond acceptors (Lipinski definition) is 3. The summed E-state index contributed by atoms with van der Waals surface area (Å²) in [5, 5.41) is 11.4. The first-order chi connectivity index (χ1) is 9.93. The first-order valence-corrected chi connectivity index (χ1v) is 6.36. The van der Waals surface area contributed by atoms with Gasteiger partial charge in [-0.25, -0.2) is 4.79 Å². The summed E-state index contributed by atoms with van der Waals surface area (Å²) < 4.78 is 43.7. The molecule has 0 spiro atoms. The second-order valence-electron chi connectivity index (χ2n) is 4.58. The van der Waals surface area contributed by atoms with Gasteiger partial charge in [0.1, 0.15) is 0 Å². The van der Waals surface area contributed by atoms with Crippen molar-refractivity contribution in [1.29, 1.82) is 0 Å². The van der Waals surface area contributed by atoms with Gasteiger partial charge in [0.25, 0.3) is 0 Å². The van der Waals surface area contributed by atoms with E-state index in [1.807, 2.05) is 0 Å². The van der Waals surface area contributed by atoms with E-state index < -0.39 is 23.8 Å². The Balaban J connectivity index is 2.16. The molecule has 1 unspecified atom stereocenters. The second kappa shape index (κ2) is 6.31. The molecular weight excluding hydrogens is 289 g/mol. The van der Waals surface area contributed by atoms with E-state index in [-0.39, 0.29) is 32.1 Å². The normalized spacial score (nSPS) is 19.4. The Kier molecular flexibility index (Phi) is 4.69. The third kappa shape index (κ3) is 3.64. The number of urea groups is 1. The fourth-order valence-corrected chi connectivity index (χ4v) is 2.10. The van der Waals surface area contributed by atoms with Crippen molar-refractivity contribution in [3.63, 3.8) is 0 Å². The number of nitrogens with zero attached hydrogens (tertiary/aromatic N) is 1. The quantitative estimate of drug-likeness (QED) is 0.877. The van der Waals surface area contributed by atoms with Gasteiger partial charge in [-0.05, 0) is 12.1 Å². The molecule has 1 aliphatic heterocycles. The maximum atomic E-state index is 12.9. The van der Waals surface area contributed by atoms with E-state index in [0.29, 0.717) is 0 Å². The lowest BCUT2D eigenvalue weighted by Gasteiger charge is -2.34. The highest BCUT2D eigenvalue weighted by molar-refractivity contribution is 5.90. The summed E-state index contributed by atoms with van der Waals surface area (Å²) in [5.74, 6) is 0. The number of carbonyl (C=O) groups is 1. The van der Waals surface area contributed by atoms with Gasteiger partial charge in [-0.15, -0.1) is 0 Å². The number of para-hydroxylation sites is 1. The number of anilines is 1. The number of aliphatic hydroxyl groups excluding tert-OH is 1. The van der Waals surface area contributed by atoms with Crippen LogP contribution in [0.15, 0.2) is 24.3 Å². The summed E-state index contributed by atoms with van der Waals surface area (Å²) in [6.45, 7) is 0.343. The van der Waals surface area contributed by atoms with Crippen LogP contribution in [0.5, 0.6) is 0 Å². The molecule has 0 saturated carbocycles. The Bertz CT molecular complexity index is 508. The number of halogens is 3. The Morgan fingerprint density at radius 1 is 1.43 bits per heavy atom. The number of nitrogens with one attached hydrogen (secondary N) is 1. The first-order valence-electron chi connectivity index (χ1n) is 6.36. The number of morpholine rings is 1. The minimum Gasteiger partial charge on any atom is -0.394 e. The van der Waals surface area contributed by atoms with Crippen molar-refractivity contribution in [1.82, 2.24) is 4.90 Å². The van der Waals surface area contributed by atoms with Gasteiger partial charge in [0, 0.05) is 6.54 Å². The number of alkyl halides is 3. The molecule has 1 aromatic rings. The average Bonchev–Trinajstić information content (AvgIpc) is 2.46. The van der Waals surface area contributed by atoms with E-state index in [4.69, 9.17) is 4.74 Å². The molecule has 1 atom stereocenters. The number of carbonyl (C=O) groups excluding carboxylic acids is 1. The molecule has 1 aromatic carbocycles. The lowest BCUT2D eigenvalue weighted by molar-refractivity contribution is -0.136. The molecule has 1 heterocycles. The van der Waals surface area contributed by atoms with Crippen molar-refractivity contribution in [2.24, 2.45) is 0 Å². The topological polar surface area (TPSA) is 61.8 Å². The van der Waals surface area contributed by atoms with Crippen LogP contribution >= 0.6 is 0 Å². The Labute approximate surface area is 119 Å². The Morgan fingerprint density at radius 3 is 2.81 bits per heavy atom. The molecule has 8 heteroatoms. The smallest absolute Gasteiger partial charge is 0.394 e. The van der Waals surface area contributed by atoms with Crippen molar-refractivity contribution < 1.29 is 27.8 Å².